The molecule has 2 N–H and O–H groups in total. The lowest BCUT2D eigenvalue weighted by atomic mass is 10.2. The summed E-state index contributed by atoms with van der Waals surface area (Å²) in [6.07, 6.45) is 3.40. The third-order valence-corrected chi connectivity index (χ3v) is 2.18. The molecule has 0 saturated heterocycles. The quantitative estimate of drug-likeness (QED) is 0.744. The van der Waals surface area contributed by atoms with E-state index >= 15 is 0 Å². The van der Waals surface area contributed by atoms with Crippen LogP contribution in [0.2, 0.25) is 0 Å². The van der Waals surface area contributed by atoms with Crippen LogP contribution in [0.5, 0.6) is 5.75 Å². The number of aliphatic hydroxyl groups excluding tert-OH is 1. The molecule has 16 heavy (non-hydrogen) atoms. The molecule has 1 heterocycles. The topological polar surface area (TPSA) is 54.4 Å². The zero-order valence-corrected chi connectivity index (χ0v) is 9.94. The van der Waals surface area contributed by atoms with Crippen LogP contribution in [-0.2, 0) is 0 Å². The van der Waals surface area contributed by atoms with Crippen molar-refractivity contribution in [2.24, 2.45) is 0 Å². The number of hydrogen-bond acceptors (Lipinski definition) is 4. The van der Waals surface area contributed by atoms with Crippen molar-refractivity contribution in [1.82, 2.24) is 4.98 Å². The van der Waals surface area contributed by atoms with Crippen LogP contribution in [0.4, 0.5) is 5.82 Å². The normalized spacial score (nSPS) is 12.2. The predicted octanol–water partition coefficient (Wildman–Crippen LogP) is 2.05. The van der Waals surface area contributed by atoms with Gasteiger partial charge in [0.25, 0.3) is 0 Å². The highest BCUT2D eigenvalue weighted by atomic mass is 16.5. The van der Waals surface area contributed by atoms with E-state index in [2.05, 4.69) is 17.2 Å². The van der Waals surface area contributed by atoms with Gasteiger partial charge in [0, 0.05) is 18.8 Å². The van der Waals surface area contributed by atoms with Crippen molar-refractivity contribution >= 4 is 5.82 Å². The average Bonchev–Trinajstić information content (AvgIpc) is 2.28. The number of nitrogens with one attached hydrogen (secondary N) is 1. The molecule has 1 atom stereocenters. The molecule has 0 aromatic carbocycles. The molecule has 0 radical (unpaired) electrons. The van der Waals surface area contributed by atoms with E-state index in [4.69, 9.17) is 9.84 Å². The molecule has 90 valence electrons. The Balaban J connectivity index is 2.62. The summed E-state index contributed by atoms with van der Waals surface area (Å²) in [6.45, 7) is 4.94. The van der Waals surface area contributed by atoms with Crippen molar-refractivity contribution in [3.05, 3.63) is 18.3 Å². The van der Waals surface area contributed by atoms with Gasteiger partial charge in [-0.05, 0) is 31.9 Å². The highest BCUT2D eigenvalue weighted by Gasteiger charge is 2.07. The van der Waals surface area contributed by atoms with Gasteiger partial charge in [-0.3, -0.25) is 0 Å². The number of ether oxygens (including phenoxy) is 1. The van der Waals surface area contributed by atoms with Crippen LogP contribution >= 0.6 is 0 Å². The number of aromatic nitrogens is 1. The number of rotatable bonds is 7. The molecule has 0 aliphatic heterocycles. The summed E-state index contributed by atoms with van der Waals surface area (Å²) in [6, 6.07) is 3.94. The molecule has 1 rings (SSSR count). The lowest BCUT2D eigenvalue weighted by Gasteiger charge is -2.16. The van der Waals surface area contributed by atoms with E-state index in [9.17, 15) is 0 Å². The number of hydrogen-bond donors (Lipinski definition) is 2. The molecule has 0 fully saturated rings. The van der Waals surface area contributed by atoms with E-state index in [1.165, 1.54) is 0 Å². The molecule has 1 unspecified atom stereocenters. The Morgan fingerprint density at radius 3 is 3.06 bits per heavy atom. The van der Waals surface area contributed by atoms with Gasteiger partial charge < -0.3 is 15.2 Å². The number of pyridine rings is 1. The maximum Gasteiger partial charge on any atom is 0.168 e. The zero-order chi connectivity index (χ0) is 11.8. The summed E-state index contributed by atoms with van der Waals surface area (Å²) in [5.41, 5.74) is 0. The Bertz CT molecular complexity index is 305. The van der Waals surface area contributed by atoms with E-state index < -0.39 is 0 Å². The third-order valence-electron chi connectivity index (χ3n) is 2.18. The third kappa shape index (κ3) is 4.06. The Hall–Kier alpha value is -1.29. The monoisotopic (exact) mass is 224 g/mol. The second-order valence-corrected chi connectivity index (χ2v) is 3.76. The number of anilines is 1. The first-order valence-corrected chi connectivity index (χ1v) is 5.73. The average molecular weight is 224 g/mol. The van der Waals surface area contributed by atoms with Crippen molar-refractivity contribution in [2.45, 2.75) is 32.7 Å². The molecular formula is C12H20N2O2. The molecule has 0 aliphatic carbocycles. The number of aliphatic hydroxyl groups is 1. The van der Waals surface area contributed by atoms with Gasteiger partial charge in [-0.15, -0.1) is 0 Å². The highest BCUT2D eigenvalue weighted by Crippen LogP contribution is 2.22. The molecule has 0 aliphatic rings. The maximum atomic E-state index is 8.83. The largest absolute Gasteiger partial charge is 0.490 e. The summed E-state index contributed by atoms with van der Waals surface area (Å²) < 4.78 is 5.58. The lowest BCUT2D eigenvalue weighted by molar-refractivity contribution is 0.281. The van der Waals surface area contributed by atoms with Gasteiger partial charge in [0.15, 0.2) is 11.6 Å². The van der Waals surface area contributed by atoms with Crippen molar-refractivity contribution in [3.8, 4) is 5.75 Å². The van der Waals surface area contributed by atoms with E-state index in [1.54, 1.807) is 6.20 Å². The van der Waals surface area contributed by atoms with Crippen molar-refractivity contribution in [1.29, 1.82) is 0 Å². The molecule has 1 aromatic rings. The standard InChI is InChI=1S/C12H20N2O2/c1-3-9-16-11-5-4-7-13-12(11)14-10(2)6-8-15/h4-5,7,10,15H,3,6,8-9H2,1-2H3,(H,13,14). The molecular weight excluding hydrogens is 204 g/mol. The van der Waals surface area contributed by atoms with Crippen LogP contribution in [0.15, 0.2) is 18.3 Å². The van der Waals surface area contributed by atoms with Gasteiger partial charge in [-0.1, -0.05) is 6.92 Å². The van der Waals surface area contributed by atoms with Crippen LogP contribution < -0.4 is 10.1 Å². The minimum absolute atomic E-state index is 0.173. The van der Waals surface area contributed by atoms with Gasteiger partial charge in [-0.2, -0.15) is 0 Å². The van der Waals surface area contributed by atoms with Crippen LogP contribution in [0.3, 0.4) is 0 Å². The van der Waals surface area contributed by atoms with Crippen molar-refractivity contribution in [2.75, 3.05) is 18.5 Å². The molecule has 0 amide bonds. The summed E-state index contributed by atoms with van der Waals surface area (Å²) >= 11 is 0. The van der Waals surface area contributed by atoms with Crippen LogP contribution in [-0.4, -0.2) is 29.3 Å². The fourth-order valence-electron chi connectivity index (χ4n) is 1.33. The summed E-state index contributed by atoms with van der Waals surface area (Å²) in [7, 11) is 0. The van der Waals surface area contributed by atoms with Gasteiger partial charge in [0.2, 0.25) is 0 Å². The van der Waals surface area contributed by atoms with E-state index in [1.807, 2.05) is 19.1 Å². The maximum absolute atomic E-state index is 8.83. The minimum Gasteiger partial charge on any atom is -0.490 e. The van der Waals surface area contributed by atoms with Crippen LogP contribution in [0.1, 0.15) is 26.7 Å². The molecule has 4 nitrogen and oxygen atoms in total. The second kappa shape index (κ2) is 7.06. The fourth-order valence-corrected chi connectivity index (χ4v) is 1.33. The first kappa shape index (κ1) is 12.8. The smallest absolute Gasteiger partial charge is 0.168 e. The summed E-state index contributed by atoms with van der Waals surface area (Å²) in [4.78, 5) is 4.24. The highest BCUT2D eigenvalue weighted by molar-refractivity contribution is 5.49. The van der Waals surface area contributed by atoms with Gasteiger partial charge >= 0.3 is 0 Å². The van der Waals surface area contributed by atoms with Crippen LogP contribution in [0.25, 0.3) is 0 Å². The molecule has 1 aromatic heterocycles. The molecule has 0 bridgehead atoms. The second-order valence-electron chi connectivity index (χ2n) is 3.76. The molecule has 0 saturated carbocycles. The zero-order valence-electron chi connectivity index (χ0n) is 9.94. The predicted molar refractivity (Wildman–Crippen MR) is 64.8 cm³/mol. The SMILES string of the molecule is CCCOc1cccnc1NC(C)CCO. The van der Waals surface area contributed by atoms with Crippen LogP contribution in [0, 0.1) is 0 Å². The first-order valence-electron chi connectivity index (χ1n) is 5.73. The van der Waals surface area contributed by atoms with Gasteiger partial charge in [0.1, 0.15) is 0 Å². The van der Waals surface area contributed by atoms with Gasteiger partial charge in [0.05, 0.1) is 6.61 Å². The van der Waals surface area contributed by atoms with Gasteiger partial charge in [-0.25, -0.2) is 4.98 Å². The lowest BCUT2D eigenvalue weighted by Crippen LogP contribution is -2.18. The van der Waals surface area contributed by atoms with E-state index in [0.717, 1.165) is 18.0 Å². The Morgan fingerprint density at radius 1 is 1.56 bits per heavy atom. The summed E-state index contributed by atoms with van der Waals surface area (Å²) in [5.74, 6) is 1.52. The van der Waals surface area contributed by atoms with Crippen molar-refractivity contribution in [3.63, 3.8) is 0 Å². The van der Waals surface area contributed by atoms with Crippen molar-refractivity contribution < 1.29 is 9.84 Å². The van der Waals surface area contributed by atoms with E-state index in [0.29, 0.717) is 13.0 Å². The van der Waals surface area contributed by atoms with E-state index in [-0.39, 0.29) is 12.6 Å². The Morgan fingerprint density at radius 2 is 2.38 bits per heavy atom. The number of nitrogens with zero attached hydrogens (tertiary/aromatic N) is 1. The first-order chi connectivity index (χ1) is 7.77. The molecule has 0 spiro atoms. The minimum atomic E-state index is 0.173. The fraction of sp³-hybridized carbons (Fsp3) is 0.583. The molecule has 4 heteroatoms. The summed E-state index contributed by atoms with van der Waals surface area (Å²) in [5, 5.41) is 12.1. The Labute approximate surface area is 96.7 Å². The Kier molecular flexibility index (Phi) is 5.64.